The van der Waals surface area contributed by atoms with Crippen LogP contribution in [0.25, 0.3) is 33.4 Å². The molecule has 26 atom stereocenters. The summed E-state index contributed by atoms with van der Waals surface area (Å²) in [6.07, 6.45) is 3.38. The molecule has 13 fully saturated rings. The molecule has 6 amide bonds. The first-order valence-corrected chi connectivity index (χ1v) is 54.3. The number of rotatable bonds is 37. The number of methoxy groups -OCH3 is 3. The molecule has 6 bridgehead atoms. The summed E-state index contributed by atoms with van der Waals surface area (Å²) in [7, 11) is 18.4. The van der Waals surface area contributed by atoms with Gasteiger partial charge in [-0.05, 0) is 253 Å². The number of aliphatic hydroxyl groups excluding tert-OH is 6. The van der Waals surface area contributed by atoms with Gasteiger partial charge < -0.3 is 102 Å². The number of anilines is 2. The topological polar surface area (TPSA) is 391 Å². The Morgan fingerprint density at radius 2 is 0.872 bits per heavy atom. The minimum Gasteiger partial charge on any atom is -0.496 e. The average molecular weight is 2120 g/mol. The van der Waals surface area contributed by atoms with E-state index in [9.17, 15) is 59.4 Å². The highest BCUT2D eigenvalue weighted by molar-refractivity contribution is 9.10. The van der Waals surface area contributed by atoms with E-state index in [1.807, 2.05) is 142 Å². The highest BCUT2D eigenvalue weighted by atomic mass is 79.9. The summed E-state index contributed by atoms with van der Waals surface area (Å²) in [5.41, 5.74) is 18.1. The van der Waals surface area contributed by atoms with Crippen LogP contribution in [0.3, 0.4) is 0 Å². The zero-order valence-electron chi connectivity index (χ0n) is 91.7. The Balaban J connectivity index is 0.000000176. The number of benzene rings is 6. The lowest BCUT2D eigenvalue weighted by atomic mass is 9.45. The van der Waals surface area contributed by atoms with Crippen LogP contribution < -0.4 is 56.3 Å². The van der Waals surface area contributed by atoms with Crippen molar-refractivity contribution < 1.29 is 88.1 Å². The van der Waals surface area contributed by atoms with Crippen LogP contribution in [0, 0.1) is 87.3 Å². The second-order valence-electron chi connectivity index (χ2n) is 46.7. The van der Waals surface area contributed by atoms with Crippen LogP contribution in [-0.4, -0.2) is 304 Å². The number of halogens is 1. The number of ether oxygens (including phenoxy) is 3. The smallest absolute Gasteiger partial charge is 0.251 e. The number of carbonyl (C=O) groups excluding carboxylic acids is 6. The minimum atomic E-state index is -0.908. The molecule has 32 nitrogen and oxygen atoms in total. The monoisotopic (exact) mass is 2110 g/mol. The molecule has 0 unspecified atom stereocenters. The van der Waals surface area contributed by atoms with E-state index >= 15 is 0 Å². The van der Waals surface area contributed by atoms with Crippen LogP contribution >= 0.6 is 15.9 Å². The number of fused-ring (bicyclic) bond motifs is 6. The van der Waals surface area contributed by atoms with E-state index in [4.69, 9.17) is 34.5 Å². The zero-order valence-corrected chi connectivity index (χ0v) is 93.2. The maximum Gasteiger partial charge on any atom is 0.251 e. The van der Waals surface area contributed by atoms with Gasteiger partial charge in [-0.3, -0.25) is 43.3 Å². The second kappa shape index (κ2) is 48.1. The molecule has 6 aromatic rings. The summed E-state index contributed by atoms with van der Waals surface area (Å²) in [6, 6.07) is 32.4. The largest absolute Gasteiger partial charge is 0.496 e. The molecule has 9 aliphatic carbocycles. The van der Waals surface area contributed by atoms with Gasteiger partial charge in [0, 0.05) is 171 Å². The Morgan fingerprint density at radius 3 is 1.22 bits per heavy atom. The number of nitrogens with zero attached hydrogens (tertiary/aromatic N) is 8. The van der Waals surface area contributed by atoms with Crippen molar-refractivity contribution in [3.8, 4) is 50.6 Å². The van der Waals surface area contributed by atoms with E-state index in [1.54, 1.807) is 89.2 Å². The van der Waals surface area contributed by atoms with Crippen LogP contribution in [0.5, 0.6) is 17.2 Å². The molecule has 0 spiro atoms. The fourth-order valence-electron chi connectivity index (χ4n) is 26.4. The Kier molecular flexibility index (Phi) is 37.3. The molecule has 33 heteroatoms. The number of hydrogen-bond donors (Lipinski definition) is 12. The molecule has 19 rings (SSSR count). The van der Waals surface area contributed by atoms with E-state index in [0.717, 1.165) is 123 Å². The van der Waals surface area contributed by atoms with Gasteiger partial charge in [0.1, 0.15) is 47.6 Å². The van der Waals surface area contributed by atoms with Crippen molar-refractivity contribution in [2.24, 2.45) is 93.0 Å². The first-order valence-electron chi connectivity index (χ1n) is 53.5. The maximum atomic E-state index is 14.3. The summed E-state index contributed by atoms with van der Waals surface area (Å²) in [6.45, 7) is 33.4. The second-order valence-corrected chi connectivity index (χ2v) is 47.6. The quantitative estimate of drug-likeness (QED) is 0.0172. The van der Waals surface area contributed by atoms with E-state index < -0.39 is 84.6 Å². The molecule has 0 aromatic heterocycles. The van der Waals surface area contributed by atoms with Crippen molar-refractivity contribution >= 4 is 62.7 Å². The number of likely N-dealkylation sites (N-methyl/N-ethyl adjacent to an activating group) is 1. The fourth-order valence-corrected chi connectivity index (χ4v) is 26.9. The number of carbonyl (C=O) groups is 6. The molecular weight excluding hydrogens is 1950 g/mol. The predicted molar refractivity (Wildman–Crippen MR) is 578 cm³/mol. The first-order chi connectivity index (χ1) is 70.1. The van der Waals surface area contributed by atoms with Gasteiger partial charge in [0.25, 0.3) is 11.8 Å². The van der Waals surface area contributed by atoms with Gasteiger partial charge in [0.05, 0.1) is 90.7 Å². The highest BCUT2D eigenvalue weighted by Gasteiger charge is 2.62. The third-order valence-corrected chi connectivity index (χ3v) is 36.2. The standard InChI is InChI=1S/C42H63N5O7.C37H55N5O5.C36H51BrN4O6/c1-24-33-19-30(42(33,4)5)20-34(24)43-41(52)38-37(26(3)50)36(23-48)54-47(38)21-27-12-11-13-32(39(27)53-8)28-16-29(18-31(17-28)45(6)7)40(51)44-35(25(2)49)22-46-14-9-10-15-46;1-21-30-16-27(37(30,4)5)17-31(21)39-36(45)34-33(22(2)43)32(18-38)47-42(34)20-25-11-10-12-29(35(25)46-9)26-13-24(19-41(8)23(3)44)14-28(15-26)40(6)7;1-20-28-16-25(36(28,3)4)17-29(20)39-35(45)32-31(21(2)43)30(19-42)47-41(32)18-22-9-8-10-27(33(22)46-7)23-13-24(15-26(37)14-23)34(44)38-11-12-40(5)6/h11-13,16-18,24-26,30,33-38,48-50H,9-10,14-15,19-23H2,1-8H3,(H,43,52)(H,44,51);10-15,21-22,27,30-34,43H,16-20,38H2,1-9H3,(H,39,45);8-10,13-15,20-21,25,28-32,42-43H,11-12,16-19H2,1-7H3,(H,38,44)(H,39,45)/t24-,25+,26-,30+,33-,34-,35+,36-,37-,38-;21-,22-,27+,30-,31-,32-,33-,34-;20-,21-,25+,28-,29-,30-,31+,32-/m000/s1. The molecule has 13 N–H and O–H groups in total. The third-order valence-electron chi connectivity index (χ3n) is 35.8. The van der Waals surface area contributed by atoms with E-state index in [-0.39, 0.29) is 98.4 Å². The van der Waals surface area contributed by atoms with Crippen molar-refractivity contribution in [3.05, 3.63) is 147 Å². The van der Waals surface area contributed by atoms with E-state index in [2.05, 4.69) is 128 Å². The molecule has 148 heavy (non-hydrogen) atoms. The molecule has 4 aliphatic heterocycles. The summed E-state index contributed by atoms with van der Waals surface area (Å²) < 4.78 is 18.9. The third kappa shape index (κ3) is 24.4. The molecule has 0 radical (unpaired) electrons. The number of nitrogens with two attached hydrogens (primary N) is 1. The molecule has 13 aliphatic rings. The van der Waals surface area contributed by atoms with Crippen LogP contribution in [0.15, 0.2) is 114 Å². The molecule has 4 saturated heterocycles. The zero-order chi connectivity index (χ0) is 108. The van der Waals surface area contributed by atoms with Gasteiger partial charge in [-0.1, -0.05) is 133 Å². The van der Waals surface area contributed by atoms with E-state index in [1.165, 1.54) is 19.3 Å². The Hall–Kier alpha value is -8.98. The molecular formula is C115H169BrN14O18. The number of nitrogens with one attached hydrogen (secondary N) is 5. The normalized spacial score (nSPS) is 29.1. The van der Waals surface area contributed by atoms with Gasteiger partial charge in [0.15, 0.2) is 0 Å². The van der Waals surface area contributed by atoms with E-state index in [0.29, 0.717) is 112 Å². The molecule has 6 aromatic carbocycles. The fraction of sp³-hybridized carbons (Fsp3) is 0.635. The molecule has 4 heterocycles. The molecule has 9 saturated carbocycles. The number of hydrogen-bond acceptors (Lipinski definition) is 26. The van der Waals surface area contributed by atoms with Crippen molar-refractivity contribution in [3.63, 3.8) is 0 Å². The van der Waals surface area contributed by atoms with Gasteiger partial charge in [-0.2, -0.15) is 15.2 Å². The van der Waals surface area contributed by atoms with Crippen molar-refractivity contribution in [1.29, 1.82) is 0 Å². The number of aliphatic hydroxyl groups is 6. The van der Waals surface area contributed by atoms with Gasteiger partial charge in [0.2, 0.25) is 23.6 Å². The SMILES string of the molecule is COc1c(CN2O[C@@H](CN)[C@H]([C@H](C)O)[C@H]2C(=O)N[C@H]2C[C@H]3C[C@@H]([C@@H]2C)C3(C)C)cccc1-c1cc(CN(C)C(C)=O)cc(N(C)C)c1.COc1c(CN2O[C@@H](CO)[C@@H]([C@H](C)O)[C@H]2C(=O)N[C@H]2C[C@H]3C[C@@H]([C@@H]2C)C3(C)C)cccc1-c1cc(Br)cc(C(=O)NCCN(C)C)c1.COc1c(CN2O[C@@H](CO)[C@H]([C@H](C)O)[C@H]2C(=O)N[C@H]2C[C@H]3C[C@@H]([C@@H]2C)C3(C)C)cccc1-c1cc(C(=O)N[C@H](CN2CCCC2)[C@@H](C)O)cc(N(C)C)c1. The number of hydroxylamine groups is 6. The Labute approximate surface area is 885 Å². The highest BCUT2D eigenvalue weighted by Crippen LogP contribution is 2.64. The van der Waals surface area contributed by atoms with Crippen molar-refractivity contribution in [2.45, 2.75) is 259 Å². The maximum absolute atomic E-state index is 14.3. The Morgan fingerprint density at radius 1 is 0.500 bits per heavy atom. The number of likely N-dealkylation sites (tertiary alicyclic amines) is 1. The van der Waals surface area contributed by atoms with Gasteiger partial charge >= 0.3 is 0 Å². The summed E-state index contributed by atoms with van der Waals surface area (Å²) in [4.78, 5) is 110. The Bertz CT molecular complexity index is 5620. The predicted octanol–water partition coefficient (Wildman–Crippen LogP) is 11.8. The van der Waals surface area contributed by atoms with Gasteiger partial charge in [-0.15, -0.1) is 0 Å². The summed E-state index contributed by atoms with van der Waals surface area (Å²) >= 11 is 3.57. The van der Waals surface area contributed by atoms with Crippen LogP contribution in [-0.2, 0) is 59.9 Å². The van der Waals surface area contributed by atoms with Crippen LogP contribution in [0.2, 0.25) is 0 Å². The lowest BCUT2D eigenvalue weighted by molar-refractivity contribution is -0.183. The minimum absolute atomic E-state index is 0.00421. The summed E-state index contributed by atoms with van der Waals surface area (Å²) in [5.74, 6) is 3.56. The van der Waals surface area contributed by atoms with Gasteiger partial charge in [-0.25, -0.2) is 0 Å². The van der Waals surface area contributed by atoms with Crippen LogP contribution in [0.1, 0.15) is 191 Å². The number of amides is 6. The molecule has 814 valence electrons. The first kappa shape index (κ1) is 115. The number of para-hydroxylation sites is 3. The average Bonchev–Trinajstić information content (AvgIpc) is 1.02. The van der Waals surface area contributed by atoms with Crippen molar-refractivity contribution in [2.75, 3.05) is 133 Å². The van der Waals surface area contributed by atoms with Crippen molar-refractivity contribution in [1.82, 2.24) is 56.5 Å². The lowest BCUT2D eigenvalue weighted by Gasteiger charge is -2.62. The summed E-state index contributed by atoms with van der Waals surface area (Å²) in [5, 5.41) is 84.9. The lowest BCUT2D eigenvalue weighted by Crippen LogP contribution is -2.62. The van der Waals surface area contributed by atoms with Crippen LogP contribution in [0.4, 0.5) is 11.4 Å².